The molecule has 19 heavy (non-hydrogen) atoms. The van der Waals surface area contributed by atoms with Crippen LogP contribution in [0.1, 0.15) is 5.56 Å². The summed E-state index contributed by atoms with van der Waals surface area (Å²) in [5.74, 6) is 0.807. The smallest absolute Gasteiger partial charge is 0.378 e. The Morgan fingerprint density at radius 2 is 2.00 bits per heavy atom. The summed E-state index contributed by atoms with van der Waals surface area (Å²) >= 11 is 1.48. The molecule has 1 rings (SSSR count). The van der Waals surface area contributed by atoms with Gasteiger partial charge in [-0.05, 0) is 24.6 Å². The first kappa shape index (κ1) is 17.9. The van der Waals surface area contributed by atoms with Crippen molar-refractivity contribution in [2.45, 2.75) is 6.92 Å². The molecule has 0 amide bonds. The largest absolute Gasteiger partial charge is 0.394 e. The second-order valence-corrected chi connectivity index (χ2v) is 5.38. The van der Waals surface area contributed by atoms with Crippen molar-refractivity contribution in [1.29, 1.82) is 0 Å². The van der Waals surface area contributed by atoms with Crippen LogP contribution in [0.2, 0.25) is 0 Å². The summed E-state index contributed by atoms with van der Waals surface area (Å²) in [5.41, 5.74) is 13.1. The lowest BCUT2D eigenvalue weighted by atomic mass is 10.2. The maximum absolute atomic E-state index is 8.74. The summed E-state index contributed by atoms with van der Waals surface area (Å²) in [7, 11) is -4.67. The molecule has 0 fully saturated rings. The van der Waals surface area contributed by atoms with E-state index in [2.05, 4.69) is 4.99 Å². The lowest BCUT2D eigenvalue weighted by molar-refractivity contribution is 0.381. The number of thioether (sulfide) groups is 1. The quantitative estimate of drug-likeness (QED) is 0.371. The summed E-state index contributed by atoms with van der Waals surface area (Å²) in [6.07, 6.45) is 0. The minimum absolute atomic E-state index is 0.570. The highest BCUT2D eigenvalue weighted by Crippen LogP contribution is 2.15. The van der Waals surface area contributed by atoms with Crippen molar-refractivity contribution >= 4 is 33.0 Å². The zero-order chi connectivity index (χ0) is 14.9. The number of nitrogens with zero attached hydrogens (tertiary/aromatic N) is 1. The summed E-state index contributed by atoms with van der Waals surface area (Å²) < 4.78 is 31.6. The number of rotatable bonds is 3. The minimum Gasteiger partial charge on any atom is -0.378 e. The number of amidine groups is 1. The van der Waals surface area contributed by atoms with Crippen molar-refractivity contribution < 1.29 is 17.5 Å². The van der Waals surface area contributed by atoms with Gasteiger partial charge in [-0.3, -0.25) is 9.11 Å². The molecule has 0 atom stereocenters. The second kappa shape index (κ2) is 8.88. The summed E-state index contributed by atoms with van der Waals surface area (Å²) in [5, 5.41) is 0.570. The normalized spacial score (nSPS) is 11.7. The zero-order valence-electron chi connectivity index (χ0n) is 10.4. The molecule has 0 unspecified atom stereocenters. The first-order valence-electron chi connectivity index (χ1n) is 5.16. The molecule has 6 N–H and O–H groups in total. The lowest BCUT2D eigenvalue weighted by Gasteiger charge is -1.99. The Bertz CT molecular complexity index is 509. The van der Waals surface area contributed by atoms with Gasteiger partial charge in [0, 0.05) is 12.3 Å². The van der Waals surface area contributed by atoms with Crippen molar-refractivity contribution in [1.82, 2.24) is 0 Å². The fourth-order valence-electron chi connectivity index (χ4n) is 1.02. The fraction of sp³-hybridized carbons (Fsp3) is 0.300. The predicted molar refractivity (Wildman–Crippen MR) is 78.2 cm³/mol. The highest BCUT2D eigenvalue weighted by Gasteiger charge is 1.94. The van der Waals surface area contributed by atoms with E-state index in [9.17, 15) is 0 Å². The Labute approximate surface area is 116 Å². The third-order valence-corrected chi connectivity index (χ3v) is 2.44. The molecule has 1 aromatic carbocycles. The molecule has 9 heteroatoms. The monoisotopic (exact) mass is 307 g/mol. The van der Waals surface area contributed by atoms with Crippen LogP contribution in [0.5, 0.6) is 0 Å². The average Bonchev–Trinajstić information content (AvgIpc) is 2.24. The Morgan fingerprint density at radius 3 is 2.47 bits per heavy atom. The van der Waals surface area contributed by atoms with Gasteiger partial charge in [-0.25, -0.2) is 4.99 Å². The molecule has 108 valence electrons. The Kier molecular flexibility index (Phi) is 8.35. The van der Waals surface area contributed by atoms with Crippen LogP contribution in [0, 0.1) is 6.92 Å². The van der Waals surface area contributed by atoms with Crippen LogP contribution in [0.25, 0.3) is 0 Å². The Morgan fingerprint density at radius 1 is 1.42 bits per heavy atom. The molecular weight excluding hydrogens is 290 g/mol. The number of aryl methyl sites for hydroxylation is 1. The van der Waals surface area contributed by atoms with Gasteiger partial charge in [-0.15, -0.1) is 0 Å². The predicted octanol–water partition coefficient (Wildman–Crippen LogP) is 0.980. The second-order valence-electron chi connectivity index (χ2n) is 3.37. The molecule has 0 aliphatic rings. The molecule has 1 aromatic rings. The van der Waals surface area contributed by atoms with Crippen LogP contribution < -0.4 is 11.5 Å². The molecular formula is C10H17N3O4S2. The van der Waals surface area contributed by atoms with Gasteiger partial charge in [0.05, 0.1) is 5.69 Å². The molecule has 0 aromatic heterocycles. The van der Waals surface area contributed by atoms with E-state index < -0.39 is 10.4 Å². The van der Waals surface area contributed by atoms with Gasteiger partial charge >= 0.3 is 10.4 Å². The number of nitrogens with two attached hydrogens (primary N) is 2. The van der Waals surface area contributed by atoms with E-state index >= 15 is 0 Å². The van der Waals surface area contributed by atoms with Gasteiger partial charge < -0.3 is 11.5 Å². The van der Waals surface area contributed by atoms with E-state index in [0.717, 1.165) is 11.4 Å². The third kappa shape index (κ3) is 13.1. The molecule has 0 bridgehead atoms. The van der Waals surface area contributed by atoms with Crippen LogP contribution in [-0.4, -0.2) is 35.0 Å². The molecule has 0 heterocycles. The molecule has 0 aliphatic heterocycles. The standard InChI is InChI=1S/C10H15N3S.H2O4S/c1-8-3-2-4-9(7-8)13-10(12)14-6-5-11;1-5(2,3)4/h2-4,7H,5-6,11H2,1H3,(H2,12,13);(H2,1,2,3,4). The number of hydrogen-bond donors (Lipinski definition) is 4. The van der Waals surface area contributed by atoms with Crippen molar-refractivity contribution in [3.8, 4) is 0 Å². The first-order valence-corrected chi connectivity index (χ1v) is 7.54. The van der Waals surface area contributed by atoms with Gasteiger partial charge in [-0.2, -0.15) is 8.42 Å². The number of aliphatic imine (C=N–C) groups is 1. The summed E-state index contributed by atoms with van der Waals surface area (Å²) in [4.78, 5) is 4.26. The Balaban J connectivity index is 0.000000555. The minimum atomic E-state index is -4.67. The summed E-state index contributed by atoms with van der Waals surface area (Å²) in [6, 6.07) is 7.93. The van der Waals surface area contributed by atoms with Gasteiger partial charge in [0.25, 0.3) is 0 Å². The number of hydrogen-bond acceptors (Lipinski definition) is 5. The van der Waals surface area contributed by atoms with Crippen molar-refractivity contribution in [2.75, 3.05) is 12.3 Å². The first-order chi connectivity index (χ1) is 8.72. The van der Waals surface area contributed by atoms with Crippen molar-refractivity contribution in [3.05, 3.63) is 29.8 Å². The molecule has 0 radical (unpaired) electrons. The van der Waals surface area contributed by atoms with E-state index in [4.69, 9.17) is 29.0 Å². The molecule has 7 nitrogen and oxygen atoms in total. The van der Waals surface area contributed by atoms with E-state index in [-0.39, 0.29) is 0 Å². The molecule has 0 spiro atoms. The van der Waals surface area contributed by atoms with E-state index in [1.807, 2.05) is 31.2 Å². The van der Waals surface area contributed by atoms with Crippen LogP contribution in [-0.2, 0) is 10.4 Å². The third-order valence-electron chi connectivity index (χ3n) is 1.61. The Hall–Kier alpha value is -1.13. The highest BCUT2D eigenvalue weighted by molar-refractivity contribution is 8.13. The maximum Gasteiger partial charge on any atom is 0.394 e. The van der Waals surface area contributed by atoms with Crippen LogP contribution >= 0.6 is 11.8 Å². The van der Waals surface area contributed by atoms with Crippen molar-refractivity contribution in [2.24, 2.45) is 16.5 Å². The topological polar surface area (TPSA) is 139 Å². The van der Waals surface area contributed by atoms with Crippen molar-refractivity contribution in [3.63, 3.8) is 0 Å². The van der Waals surface area contributed by atoms with Gasteiger partial charge in [0.2, 0.25) is 0 Å². The average molecular weight is 307 g/mol. The highest BCUT2D eigenvalue weighted by atomic mass is 32.3. The van der Waals surface area contributed by atoms with E-state index in [1.165, 1.54) is 17.3 Å². The fourth-order valence-corrected chi connectivity index (χ4v) is 1.52. The van der Waals surface area contributed by atoms with Gasteiger partial charge in [0.1, 0.15) is 0 Å². The van der Waals surface area contributed by atoms with Crippen LogP contribution in [0.15, 0.2) is 29.3 Å². The lowest BCUT2D eigenvalue weighted by Crippen LogP contribution is -2.10. The van der Waals surface area contributed by atoms with Crippen LogP contribution in [0.3, 0.4) is 0 Å². The van der Waals surface area contributed by atoms with E-state index in [0.29, 0.717) is 11.7 Å². The van der Waals surface area contributed by atoms with Gasteiger partial charge in [0.15, 0.2) is 5.17 Å². The molecule has 0 aliphatic carbocycles. The number of benzene rings is 1. The zero-order valence-corrected chi connectivity index (χ0v) is 12.0. The van der Waals surface area contributed by atoms with Crippen LogP contribution in [0.4, 0.5) is 5.69 Å². The van der Waals surface area contributed by atoms with E-state index in [1.54, 1.807) is 0 Å². The summed E-state index contributed by atoms with van der Waals surface area (Å²) in [6.45, 7) is 2.65. The maximum atomic E-state index is 8.74. The molecule has 0 saturated heterocycles. The molecule has 0 saturated carbocycles. The van der Waals surface area contributed by atoms with Gasteiger partial charge in [-0.1, -0.05) is 23.9 Å². The SMILES string of the molecule is Cc1cccc(N=C(N)SCCN)c1.O=S(=O)(O)O.